The van der Waals surface area contributed by atoms with Crippen LogP contribution in [-0.2, 0) is 0 Å². The Balaban J connectivity index is 2.67. The molecule has 0 saturated carbocycles. The molecular weight excluding hydrogens is 240 g/mol. The van der Waals surface area contributed by atoms with Gasteiger partial charge >= 0.3 is 0 Å². The number of rotatable bonds is 1. The first-order valence-electron chi connectivity index (χ1n) is 4.29. The minimum atomic E-state index is 0.0924. The van der Waals surface area contributed by atoms with Crippen molar-refractivity contribution in [3.63, 3.8) is 0 Å². The van der Waals surface area contributed by atoms with Gasteiger partial charge in [0, 0.05) is 10.0 Å². The zero-order valence-electron chi connectivity index (χ0n) is 7.67. The second kappa shape index (κ2) is 3.54. The van der Waals surface area contributed by atoms with Crippen molar-refractivity contribution < 1.29 is 4.79 Å². The lowest BCUT2D eigenvalue weighted by molar-refractivity contribution is 0.101. The lowest BCUT2D eigenvalue weighted by Crippen LogP contribution is -1.90. The van der Waals surface area contributed by atoms with Crippen molar-refractivity contribution >= 4 is 32.5 Å². The van der Waals surface area contributed by atoms with Crippen molar-refractivity contribution in [2.45, 2.75) is 6.92 Å². The Kier molecular flexibility index (Phi) is 2.38. The van der Waals surface area contributed by atoms with Crippen LogP contribution in [0.25, 0.3) is 10.8 Å². The van der Waals surface area contributed by atoms with Crippen LogP contribution in [0.4, 0.5) is 0 Å². The number of Topliss-reactive ketones (excluding diaryl/α,β-unsaturated/α-hetero) is 1. The summed E-state index contributed by atoms with van der Waals surface area (Å²) < 4.78 is 0.931. The summed E-state index contributed by atoms with van der Waals surface area (Å²) in [5, 5.41) is 2.15. The summed E-state index contributed by atoms with van der Waals surface area (Å²) in [5.41, 5.74) is 0.744. The molecule has 0 aromatic heterocycles. The number of hydrogen-bond acceptors (Lipinski definition) is 1. The summed E-state index contributed by atoms with van der Waals surface area (Å²) in [6, 6.07) is 12.6. The van der Waals surface area contributed by atoms with Crippen molar-refractivity contribution in [1.29, 1.82) is 0 Å². The highest BCUT2D eigenvalue weighted by Crippen LogP contribution is 2.20. The molecule has 0 fully saturated rings. The molecule has 0 amide bonds. The van der Waals surface area contributed by atoms with Crippen LogP contribution < -0.4 is 0 Å². The van der Waals surface area contributed by atoms with E-state index in [2.05, 4.69) is 22.0 Å². The number of ketones is 1. The Hall–Kier alpha value is -1.15. The van der Waals surface area contributed by atoms with Crippen LogP contribution in [0, 0.1) is 6.07 Å². The van der Waals surface area contributed by atoms with Crippen molar-refractivity contribution in [3.05, 3.63) is 46.4 Å². The summed E-state index contributed by atoms with van der Waals surface area (Å²) in [6.07, 6.45) is 0. The van der Waals surface area contributed by atoms with Crippen LogP contribution in [0.2, 0.25) is 0 Å². The summed E-state index contributed by atoms with van der Waals surface area (Å²) in [5.74, 6) is 0.0924. The van der Waals surface area contributed by atoms with Gasteiger partial charge in [-0.25, -0.2) is 0 Å². The van der Waals surface area contributed by atoms with Crippen molar-refractivity contribution in [3.8, 4) is 0 Å². The molecule has 0 aliphatic heterocycles. The molecule has 0 aliphatic rings. The van der Waals surface area contributed by atoms with E-state index in [-0.39, 0.29) is 5.78 Å². The average molecular weight is 248 g/mol. The fraction of sp³-hybridized carbons (Fsp3) is 0.0833. The van der Waals surface area contributed by atoms with Crippen LogP contribution in [0.5, 0.6) is 0 Å². The monoisotopic (exact) mass is 247 g/mol. The molecule has 2 heteroatoms. The van der Waals surface area contributed by atoms with E-state index in [1.165, 1.54) is 0 Å². The second-order valence-corrected chi connectivity index (χ2v) is 4.04. The lowest BCUT2D eigenvalue weighted by atomic mass is 10.1. The summed E-state index contributed by atoms with van der Waals surface area (Å²) in [6.45, 7) is 1.57. The molecule has 2 aromatic rings. The van der Waals surface area contributed by atoms with Gasteiger partial charge in [0.05, 0.1) is 0 Å². The maximum Gasteiger partial charge on any atom is 0.159 e. The maximum atomic E-state index is 11.1. The molecule has 1 radical (unpaired) electrons. The summed E-state index contributed by atoms with van der Waals surface area (Å²) in [4.78, 5) is 11.1. The molecule has 69 valence electrons. The third kappa shape index (κ3) is 1.70. The van der Waals surface area contributed by atoms with Gasteiger partial charge in [-0.3, -0.25) is 4.79 Å². The van der Waals surface area contributed by atoms with Gasteiger partial charge in [0.15, 0.2) is 5.78 Å². The molecular formula is C12H8BrO. The van der Waals surface area contributed by atoms with Crippen molar-refractivity contribution in [2.24, 2.45) is 0 Å². The molecule has 0 atom stereocenters. The Morgan fingerprint density at radius 1 is 1.29 bits per heavy atom. The fourth-order valence-corrected chi connectivity index (χ4v) is 1.74. The summed E-state index contributed by atoms with van der Waals surface area (Å²) in [7, 11) is 0. The van der Waals surface area contributed by atoms with Gasteiger partial charge in [-0.05, 0) is 42.0 Å². The zero-order chi connectivity index (χ0) is 10.1. The van der Waals surface area contributed by atoms with Crippen LogP contribution >= 0.6 is 15.9 Å². The molecule has 0 heterocycles. The number of fused-ring (bicyclic) bond motifs is 1. The number of benzene rings is 2. The van der Waals surface area contributed by atoms with Gasteiger partial charge in [-0.1, -0.05) is 28.1 Å². The zero-order valence-corrected chi connectivity index (χ0v) is 9.26. The van der Waals surface area contributed by atoms with E-state index in [1.807, 2.05) is 30.3 Å². The number of carbonyl (C=O) groups is 1. The van der Waals surface area contributed by atoms with E-state index in [9.17, 15) is 4.79 Å². The largest absolute Gasteiger partial charge is 0.295 e. The first-order chi connectivity index (χ1) is 6.66. The normalized spacial score (nSPS) is 10.4. The molecule has 0 unspecified atom stereocenters. The first-order valence-corrected chi connectivity index (χ1v) is 5.08. The minimum Gasteiger partial charge on any atom is -0.295 e. The third-order valence-corrected chi connectivity index (χ3v) is 2.60. The number of halogens is 1. The quantitative estimate of drug-likeness (QED) is 0.704. The van der Waals surface area contributed by atoms with E-state index in [0.717, 1.165) is 20.8 Å². The molecule has 2 aromatic carbocycles. The number of carbonyl (C=O) groups excluding carboxylic acids is 1. The third-order valence-electron chi connectivity index (χ3n) is 2.14. The Bertz CT molecular complexity index is 503. The highest BCUT2D eigenvalue weighted by Gasteiger charge is 2.00. The highest BCUT2D eigenvalue weighted by molar-refractivity contribution is 9.10. The van der Waals surface area contributed by atoms with Gasteiger partial charge in [-0.2, -0.15) is 0 Å². The Morgan fingerprint density at radius 3 is 2.79 bits per heavy atom. The molecule has 0 N–H and O–H groups in total. The predicted molar refractivity (Wildman–Crippen MR) is 60.5 cm³/mol. The van der Waals surface area contributed by atoms with E-state index in [1.54, 1.807) is 6.92 Å². The van der Waals surface area contributed by atoms with Crippen LogP contribution in [0.1, 0.15) is 17.3 Å². The Labute approximate surface area is 90.9 Å². The van der Waals surface area contributed by atoms with Gasteiger partial charge < -0.3 is 0 Å². The standard InChI is InChI=1S/C12H8BrO/c1-8(14)9-2-3-11-7-12(13)5-4-10(11)6-9/h2-4,6-7H,1H3. The van der Waals surface area contributed by atoms with Gasteiger partial charge in [0.1, 0.15) is 0 Å². The first kappa shape index (κ1) is 9.41. The summed E-state index contributed by atoms with van der Waals surface area (Å²) >= 11 is 3.36. The molecule has 0 aliphatic carbocycles. The van der Waals surface area contributed by atoms with E-state index >= 15 is 0 Å². The maximum absolute atomic E-state index is 11.1. The molecule has 1 nitrogen and oxygen atoms in total. The minimum absolute atomic E-state index is 0.0924. The highest BCUT2D eigenvalue weighted by atomic mass is 79.9. The van der Waals surface area contributed by atoms with E-state index in [4.69, 9.17) is 0 Å². The van der Waals surface area contributed by atoms with Crippen LogP contribution in [-0.4, -0.2) is 5.78 Å². The van der Waals surface area contributed by atoms with Crippen molar-refractivity contribution in [1.82, 2.24) is 0 Å². The SMILES string of the molecule is CC(=O)c1ccc2cc(Br)[c]cc2c1. The van der Waals surface area contributed by atoms with E-state index < -0.39 is 0 Å². The van der Waals surface area contributed by atoms with Crippen molar-refractivity contribution in [2.75, 3.05) is 0 Å². The topological polar surface area (TPSA) is 17.1 Å². The Morgan fingerprint density at radius 2 is 2.07 bits per heavy atom. The van der Waals surface area contributed by atoms with Gasteiger partial charge in [0.2, 0.25) is 0 Å². The molecule has 0 saturated heterocycles. The van der Waals surface area contributed by atoms with Gasteiger partial charge in [0.25, 0.3) is 0 Å². The average Bonchev–Trinajstić information content (AvgIpc) is 2.16. The van der Waals surface area contributed by atoms with Crippen LogP contribution in [0.15, 0.2) is 34.8 Å². The number of hydrogen-bond donors (Lipinski definition) is 0. The fourth-order valence-electron chi connectivity index (χ4n) is 1.38. The molecule has 14 heavy (non-hydrogen) atoms. The predicted octanol–water partition coefficient (Wildman–Crippen LogP) is 3.61. The van der Waals surface area contributed by atoms with E-state index in [0.29, 0.717) is 0 Å². The second-order valence-electron chi connectivity index (χ2n) is 3.18. The van der Waals surface area contributed by atoms with Crippen LogP contribution in [0.3, 0.4) is 0 Å². The molecule has 0 bridgehead atoms. The lowest BCUT2D eigenvalue weighted by Gasteiger charge is -2.00. The molecule has 2 rings (SSSR count). The van der Waals surface area contributed by atoms with Gasteiger partial charge in [-0.15, -0.1) is 0 Å². The molecule has 0 spiro atoms. The smallest absolute Gasteiger partial charge is 0.159 e.